The number of amides is 2. The minimum Gasteiger partial charge on any atom is -0.350 e. The van der Waals surface area contributed by atoms with Crippen LogP contribution in [0.2, 0.25) is 0 Å². The Kier molecular flexibility index (Phi) is 7.17. The van der Waals surface area contributed by atoms with Crippen LogP contribution >= 0.6 is 0 Å². The molecule has 0 saturated heterocycles. The molecule has 2 aromatic carbocycles. The maximum Gasteiger partial charge on any atom is 0.251 e. The van der Waals surface area contributed by atoms with E-state index in [0.717, 1.165) is 40.8 Å². The minimum atomic E-state index is -0.110. The molecule has 1 N–H and O–H groups in total. The van der Waals surface area contributed by atoms with Gasteiger partial charge < -0.3 is 10.2 Å². The Labute approximate surface area is 162 Å². The molecule has 0 atom stereocenters. The summed E-state index contributed by atoms with van der Waals surface area (Å²) in [5.74, 6) is -0.118. The third kappa shape index (κ3) is 4.97. The number of nitrogens with one attached hydrogen (secondary N) is 1. The van der Waals surface area contributed by atoms with Crippen LogP contribution in [0.5, 0.6) is 0 Å². The summed E-state index contributed by atoms with van der Waals surface area (Å²) in [5, 5.41) is 2.94. The molecule has 0 heterocycles. The van der Waals surface area contributed by atoms with E-state index in [1.54, 1.807) is 11.8 Å². The molecule has 0 saturated carbocycles. The molecule has 2 amide bonds. The monoisotopic (exact) mass is 366 g/mol. The van der Waals surface area contributed by atoms with Crippen molar-refractivity contribution in [1.82, 2.24) is 5.32 Å². The van der Waals surface area contributed by atoms with E-state index in [2.05, 4.69) is 31.3 Å². The van der Waals surface area contributed by atoms with Crippen molar-refractivity contribution in [1.29, 1.82) is 0 Å². The molecule has 0 aliphatic carbocycles. The lowest BCUT2D eigenvalue weighted by Gasteiger charge is -2.26. The van der Waals surface area contributed by atoms with Gasteiger partial charge >= 0.3 is 0 Å². The molecular formula is C23H30N2O2. The van der Waals surface area contributed by atoms with Crippen LogP contribution in [0, 0.1) is 13.8 Å². The first-order chi connectivity index (χ1) is 12.9. The van der Waals surface area contributed by atoms with Crippen LogP contribution < -0.4 is 10.2 Å². The SMILES string of the molecule is CCc1cccc(CC)c1N(CCNC(=O)c1ccc(C)c(C)c1)C(C)=O. The van der Waals surface area contributed by atoms with Gasteiger partial charge in [0.25, 0.3) is 5.91 Å². The lowest BCUT2D eigenvalue weighted by Crippen LogP contribution is -2.38. The minimum absolute atomic E-state index is 0.00831. The van der Waals surface area contributed by atoms with Crippen LogP contribution in [0.3, 0.4) is 0 Å². The second-order valence-electron chi connectivity index (χ2n) is 6.86. The van der Waals surface area contributed by atoms with Gasteiger partial charge in [0.05, 0.1) is 5.69 Å². The Morgan fingerprint density at radius 3 is 2.11 bits per heavy atom. The van der Waals surface area contributed by atoms with Crippen molar-refractivity contribution in [2.75, 3.05) is 18.0 Å². The van der Waals surface area contributed by atoms with Gasteiger partial charge in [0.1, 0.15) is 0 Å². The van der Waals surface area contributed by atoms with Crippen molar-refractivity contribution in [3.63, 3.8) is 0 Å². The highest BCUT2D eigenvalue weighted by Crippen LogP contribution is 2.27. The number of hydrogen-bond acceptors (Lipinski definition) is 2. The molecule has 0 aliphatic rings. The number of carbonyl (C=O) groups is 2. The molecule has 4 nitrogen and oxygen atoms in total. The molecule has 0 radical (unpaired) electrons. The summed E-state index contributed by atoms with van der Waals surface area (Å²) >= 11 is 0. The summed E-state index contributed by atoms with van der Waals surface area (Å²) in [4.78, 5) is 26.5. The van der Waals surface area contributed by atoms with Crippen molar-refractivity contribution < 1.29 is 9.59 Å². The molecule has 2 aromatic rings. The van der Waals surface area contributed by atoms with Gasteiger partial charge in [-0.2, -0.15) is 0 Å². The Bertz CT molecular complexity index is 805. The zero-order valence-electron chi connectivity index (χ0n) is 17.1. The fourth-order valence-corrected chi connectivity index (χ4v) is 3.25. The van der Waals surface area contributed by atoms with Gasteiger partial charge in [0.15, 0.2) is 0 Å². The largest absolute Gasteiger partial charge is 0.350 e. The Morgan fingerprint density at radius 1 is 0.963 bits per heavy atom. The Hall–Kier alpha value is -2.62. The van der Waals surface area contributed by atoms with Crippen LogP contribution in [0.25, 0.3) is 0 Å². The smallest absolute Gasteiger partial charge is 0.251 e. The third-order valence-electron chi connectivity index (χ3n) is 5.01. The molecular weight excluding hydrogens is 336 g/mol. The van der Waals surface area contributed by atoms with Crippen molar-refractivity contribution in [3.05, 3.63) is 64.2 Å². The van der Waals surface area contributed by atoms with E-state index >= 15 is 0 Å². The van der Waals surface area contributed by atoms with Crippen LogP contribution in [-0.2, 0) is 17.6 Å². The highest BCUT2D eigenvalue weighted by atomic mass is 16.2. The van der Waals surface area contributed by atoms with Gasteiger partial charge in [-0.15, -0.1) is 0 Å². The summed E-state index contributed by atoms with van der Waals surface area (Å²) in [7, 11) is 0. The second kappa shape index (κ2) is 9.36. The first kappa shape index (κ1) is 20.7. The van der Waals surface area contributed by atoms with Gasteiger partial charge in [0, 0.05) is 25.6 Å². The van der Waals surface area contributed by atoms with E-state index in [0.29, 0.717) is 18.7 Å². The average Bonchev–Trinajstić information content (AvgIpc) is 2.66. The summed E-state index contributed by atoms with van der Waals surface area (Å²) < 4.78 is 0. The van der Waals surface area contributed by atoms with E-state index in [1.807, 2.05) is 38.1 Å². The zero-order valence-corrected chi connectivity index (χ0v) is 17.1. The number of hydrogen-bond donors (Lipinski definition) is 1. The second-order valence-corrected chi connectivity index (χ2v) is 6.86. The topological polar surface area (TPSA) is 49.4 Å². The number of rotatable bonds is 7. The predicted octanol–water partition coefficient (Wildman–Crippen LogP) is 4.21. The van der Waals surface area contributed by atoms with E-state index in [-0.39, 0.29) is 11.8 Å². The third-order valence-corrected chi connectivity index (χ3v) is 5.01. The first-order valence-corrected chi connectivity index (χ1v) is 9.63. The fraction of sp³-hybridized carbons (Fsp3) is 0.391. The summed E-state index contributed by atoms with van der Waals surface area (Å²) in [6, 6.07) is 11.9. The fourth-order valence-electron chi connectivity index (χ4n) is 3.25. The first-order valence-electron chi connectivity index (χ1n) is 9.63. The van der Waals surface area contributed by atoms with E-state index in [4.69, 9.17) is 0 Å². The van der Waals surface area contributed by atoms with Crippen molar-refractivity contribution in [2.45, 2.75) is 47.5 Å². The molecule has 4 heteroatoms. The van der Waals surface area contributed by atoms with Gasteiger partial charge in [-0.25, -0.2) is 0 Å². The summed E-state index contributed by atoms with van der Waals surface area (Å²) in [6.07, 6.45) is 1.73. The van der Waals surface area contributed by atoms with Crippen LogP contribution in [-0.4, -0.2) is 24.9 Å². The summed E-state index contributed by atoms with van der Waals surface area (Å²) in [6.45, 7) is 10.7. The number of anilines is 1. The van der Waals surface area contributed by atoms with E-state index < -0.39 is 0 Å². The molecule has 0 aromatic heterocycles. The maximum atomic E-state index is 12.4. The van der Waals surface area contributed by atoms with Crippen molar-refractivity contribution in [3.8, 4) is 0 Å². The van der Waals surface area contributed by atoms with Gasteiger partial charge in [-0.3, -0.25) is 9.59 Å². The van der Waals surface area contributed by atoms with Gasteiger partial charge in [-0.05, 0) is 61.1 Å². The van der Waals surface area contributed by atoms with Crippen molar-refractivity contribution in [2.24, 2.45) is 0 Å². The number of benzene rings is 2. The lowest BCUT2D eigenvalue weighted by molar-refractivity contribution is -0.116. The number of carbonyl (C=O) groups excluding carboxylic acids is 2. The molecule has 0 unspecified atom stereocenters. The summed E-state index contributed by atoms with van der Waals surface area (Å²) in [5.41, 5.74) is 6.22. The predicted molar refractivity (Wildman–Crippen MR) is 111 cm³/mol. The van der Waals surface area contributed by atoms with E-state index in [9.17, 15) is 9.59 Å². The Balaban J connectivity index is 2.13. The number of para-hydroxylation sites is 1. The van der Waals surface area contributed by atoms with E-state index in [1.165, 1.54) is 0 Å². The molecule has 0 fully saturated rings. The van der Waals surface area contributed by atoms with Gasteiger partial charge in [0.2, 0.25) is 5.91 Å². The Morgan fingerprint density at radius 2 is 1.59 bits per heavy atom. The number of nitrogens with zero attached hydrogens (tertiary/aromatic N) is 1. The zero-order chi connectivity index (χ0) is 20.0. The van der Waals surface area contributed by atoms with Crippen LogP contribution in [0.15, 0.2) is 36.4 Å². The highest BCUT2D eigenvalue weighted by molar-refractivity contribution is 5.95. The normalized spacial score (nSPS) is 10.6. The molecule has 27 heavy (non-hydrogen) atoms. The molecule has 0 spiro atoms. The maximum absolute atomic E-state index is 12.4. The molecule has 2 rings (SSSR count). The lowest BCUT2D eigenvalue weighted by atomic mass is 10.0. The van der Waals surface area contributed by atoms with Crippen molar-refractivity contribution >= 4 is 17.5 Å². The van der Waals surface area contributed by atoms with Crippen LogP contribution in [0.1, 0.15) is 53.4 Å². The molecule has 0 bridgehead atoms. The van der Waals surface area contributed by atoms with Gasteiger partial charge in [-0.1, -0.05) is 38.1 Å². The average molecular weight is 367 g/mol. The quantitative estimate of drug-likeness (QED) is 0.798. The number of aryl methyl sites for hydroxylation is 4. The highest BCUT2D eigenvalue weighted by Gasteiger charge is 2.18. The molecule has 144 valence electrons. The molecule has 0 aliphatic heterocycles. The standard InChI is InChI=1S/C23H30N2O2/c1-6-19-9-8-10-20(7-2)22(19)25(18(5)26)14-13-24-23(27)21-12-11-16(3)17(4)15-21/h8-12,15H,6-7,13-14H2,1-5H3,(H,24,27). The van der Waals surface area contributed by atoms with Crippen LogP contribution in [0.4, 0.5) is 5.69 Å².